The summed E-state index contributed by atoms with van der Waals surface area (Å²) in [5.41, 5.74) is -3.02. The minimum Gasteiger partial charge on any atom is -0.374 e. The Balaban J connectivity index is 1.98. The molecule has 1 aliphatic heterocycles. The predicted octanol–water partition coefficient (Wildman–Crippen LogP) is 6.33. The molecule has 0 radical (unpaired) electrons. The molecule has 0 bridgehead atoms. The monoisotopic (exact) mass is 482 g/mol. The molecular formula is C19H13Cl3F4N2O2. The summed E-state index contributed by atoms with van der Waals surface area (Å²) in [6.07, 6.45) is -7.41. The number of nitrogens with one attached hydrogen (secondary N) is 1. The summed E-state index contributed by atoms with van der Waals surface area (Å²) in [5, 5.41) is 5.25. The number of benzene rings is 2. The van der Waals surface area contributed by atoms with Crippen LogP contribution in [0.4, 0.5) is 17.6 Å². The first-order valence-electron chi connectivity index (χ1n) is 8.43. The van der Waals surface area contributed by atoms with Crippen LogP contribution in [0.5, 0.6) is 0 Å². The lowest BCUT2D eigenvalue weighted by molar-refractivity contribution is -0.275. The van der Waals surface area contributed by atoms with Crippen LogP contribution in [0.25, 0.3) is 0 Å². The van der Waals surface area contributed by atoms with Gasteiger partial charge in [-0.25, -0.2) is 4.39 Å². The van der Waals surface area contributed by atoms with E-state index in [0.717, 1.165) is 19.1 Å². The molecule has 1 N–H and O–H groups in total. The molecule has 2 aromatic carbocycles. The molecule has 30 heavy (non-hydrogen) atoms. The summed E-state index contributed by atoms with van der Waals surface area (Å²) in [4.78, 5) is 16.0. The Bertz CT molecular complexity index is 1010. The minimum atomic E-state index is -4.88. The fraction of sp³-hybridized carbons (Fsp3) is 0.263. The van der Waals surface area contributed by atoms with E-state index >= 15 is 0 Å². The molecule has 1 aliphatic rings. The van der Waals surface area contributed by atoms with Crippen molar-refractivity contribution in [2.75, 3.05) is 0 Å². The Morgan fingerprint density at radius 3 is 2.40 bits per heavy atom. The number of carbonyl (C=O) groups is 1. The Morgan fingerprint density at radius 1 is 1.20 bits per heavy atom. The molecule has 4 nitrogen and oxygen atoms in total. The number of nitrogens with zero attached hydrogens (tertiary/aromatic N) is 1. The van der Waals surface area contributed by atoms with E-state index in [9.17, 15) is 22.4 Å². The van der Waals surface area contributed by atoms with E-state index in [2.05, 4.69) is 10.5 Å². The van der Waals surface area contributed by atoms with Crippen LogP contribution in [0, 0.1) is 0 Å². The van der Waals surface area contributed by atoms with Crippen LogP contribution in [0.1, 0.15) is 36.3 Å². The highest BCUT2D eigenvalue weighted by Gasteiger charge is 2.62. The van der Waals surface area contributed by atoms with Gasteiger partial charge in [-0.1, -0.05) is 58.2 Å². The lowest BCUT2D eigenvalue weighted by Crippen LogP contribution is -2.42. The van der Waals surface area contributed by atoms with E-state index in [0.29, 0.717) is 0 Å². The summed E-state index contributed by atoms with van der Waals surface area (Å²) in [7, 11) is 0. The fourth-order valence-electron chi connectivity index (χ4n) is 2.98. The molecule has 0 spiro atoms. The normalized spacial score (nSPS) is 19.8. The molecule has 3 rings (SSSR count). The van der Waals surface area contributed by atoms with Crippen LogP contribution in [-0.2, 0) is 15.2 Å². The lowest BCUT2D eigenvalue weighted by Gasteiger charge is -2.30. The maximum absolute atomic E-state index is 14.2. The first kappa shape index (κ1) is 22.7. The fourth-order valence-corrected chi connectivity index (χ4v) is 3.58. The first-order chi connectivity index (χ1) is 13.9. The van der Waals surface area contributed by atoms with Crippen LogP contribution in [0.3, 0.4) is 0 Å². The van der Waals surface area contributed by atoms with Gasteiger partial charge < -0.3 is 10.2 Å². The van der Waals surface area contributed by atoms with Gasteiger partial charge in [0.25, 0.3) is 5.60 Å². The zero-order valence-electron chi connectivity index (χ0n) is 15.2. The molecule has 1 amide bonds. The number of oxime groups is 1. The predicted molar refractivity (Wildman–Crippen MR) is 106 cm³/mol. The highest BCUT2D eigenvalue weighted by Crippen LogP contribution is 2.50. The number of amides is 1. The van der Waals surface area contributed by atoms with E-state index in [-0.39, 0.29) is 37.5 Å². The number of hydrogen-bond acceptors (Lipinski definition) is 3. The lowest BCUT2D eigenvalue weighted by atomic mass is 9.86. The molecule has 0 aromatic heterocycles. The standard InChI is InChI=1S/C19H13Cl3F4N2O2/c1-9(29)27-17(23)11-4-2-3-10(5-11)15-8-18(30-28-15,19(24,25)26)12-6-13(20)16(22)14(21)7-12/h2-7,17H,8H2,1H3,(H,27,29). The molecule has 160 valence electrons. The van der Waals surface area contributed by atoms with E-state index in [4.69, 9.17) is 39.6 Å². The Morgan fingerprint density at radius 2 is 1.83 bits per heavy atom. The molecular weight excluding hydrogens is 471 g/mol. The second-order valence-electron chi connectivity index (χ2n) is 6.57. The Kier molecular flexibility index (Phi) is 6.23. The molecule has 0 fully saturated rings. The highest BCUT2D eigenvalue weighted by molar-refractivity contribution is 6.48. The Hall–Kier alpha value is -2.03. The van der Waals surface area contributed by atoms with Crippen molar-refractivity contribution in [3.63, 3.8) is 0 Å². The van der Waals surface area contributed by atoms with Crippen LogP contribution >= 0.6 is 34.8 Å². The second-order valence-corrected chi connectivity index (χ2v) is 7.77. The zero-order chi connectivity index (χ0) is 22.3. The van der Waals surface area contributed by atoms with Crippen molar-refractivity contribution >= 4 is 46.4 Å². The molecule has 2 unspecified atom stereocenters. The first-order valence-corrected chi connectivity index (χ1v) is 9.56. The van der Waals surface area contributed by atoms with Crippen molar-refractivity contribution in [1.29, 1.82) is 0 Å². The summed E-state index contributed by atoms with van der Waals surface area (Å²) >= 11 is 17.7. The average Bonchev–Trinajstić information content (AvgIpc) is 3.12. The van der Waals surface area contributed by atoms with Gasteiger partial charge in [0.1, 0.15) is 0 Å². The number of halogens is 7. The van der Waals surface area contributed by atoms with Crippen molar-refractivity contribution in [2.45, 2.75) is 31.4 Å². The summed E-state index contributed by atoms with van der Waals surface area (Å²) in [6, 6.07) is 7.61. The SMILES string of the molecule is CC(=O)NC(F)c1cccc(C2=NOC(c3cc(Cl)c(Cl)c(Cl)c3)(C(F)(F)F)C2)c1. The largest absolute Gasteiger partial charge is 0.435 e. The van der Waals surface area contributed by atoms with Crippen molar-refractivity contribution in [3.05, 3.63) is 68.2 Å². The zero-order valence-corrected chi connectivity index (χ0v) is 17.4. The number of alkyl halides is 4. The molecule has 2 aromatic rings. The molecule has 0 saturated heterocycles. The van der Waals surface area contributed by atoms with Gasteiger partial charge in [0.15, 0.2) is 6.30 Å². The van der Waals surface area contributed by atoms with E-state index in [1.807, 2.05) is 0 Å². The van der Waals surface area contributed by atoms with E-state index in [1.165, 1.54) is 24.3 Å². The van der Waals surface area contributed by atoms with Crippen molar-refractivity contribution in [3.8, 4) is 0 Å². The molecule has 0 saturated carbocycles. The van der Waals surface area contributed by atoms with E-state index < -0.39 is 30.4 Å². The van der Waals surface area contributed by atoms with Crippen LogP contribution < -0.4 is 5.32 Å². The molecule has 1 heterocycles. The highest BCUT2D eigenvalue weighted by atomic mass is 35.5. The van der Waals surface area contributed by atoms with Crippen molar-refractivity contribution < 1.29 is 27.2 Å². The topological polar surface area (TPSA) is 50.7 Å². The molecule has 0 aliphatic carbocycles. The van der Waals surface area contributed by atoms with Gasteiger partial charge in [-0.2, -0.15) is 13.2 Å². The van der Waals surface area contributed by atoms with Gasteiger partial charge in [-0.3, -0.25) is 4.79 Å². The van der Waals surface area contributed by atoms with Gasteiger partial charge in [0.2, 0.25) is 5.91 Å². The smallest absolute Gasteiger partial charge is 0.374 e. The maximum Gasteiger partial charge on any atom is 0.435 e. The van der Waals surface area contributed by atoms with Gasteiger partial charge >= 0.3 is 6.18 Å². The molecule has 2 atom stereocenters. The van der Waals surface area contributed by atoms with Gasteiger partial charge in [0, 0.05) is 24.5 Å². The number of hydrogen-bond donors (Lipinski definition) is 1. The third-order valence-corrected chi connectivity index (χ3v) is 5.68. The third-order valence-electron chi connectivity index (χ3n) is 4.48. The summed E-state index contributed by atoms with van der Waals surface area (Å²) in [6.45, 7) is 1.14. The van der Waals surface area contributed by atoms with Crippen molar-refractivity contribution in [2.24, 2.45) is 5.16 Å². The van der Waals surface area contributed by atoms with Crippen LogP contribution in [0.2, 0.25) is 15.1 Å². The summed E-state index contributed by atoms with van der Waals surface area (Å²) in [5.74, 6) is -0.595. The van der Waals surface area contributed by atoms with Crippen LogP contribution in [0.15, 0.2) is 41.6 Å². The van der Waals surface area contributed by atoms with Gasteiger partial charge in [-0.05, 0) is 23.8 Å². The van der Waals surface area contributed by atoms with E-state index in [1.54, 1.807) is 0 Å². The average molecular weight is 484 g/mol. The molecule has 11 heteroatoms. The number of rotatable bonds is 4. The third kappa shape index (κ3) is 4.22. The quantitative estimate of drug-likeness (QED) is 0.314. The Labute approximate surface area is 183 Å². The summed E-state index contributed by atoms with van der Waals surface area (Å²) < 4.78 is 56.4. The minimum absolute atomic E-state index is 0.0486. The van der Waals surface area contributed by atoms with Gasteiger partial charge in [-0.15, -0.1) is 0 Å². The van der Waals surface area contributed by atoms with Gasteiger partial charge in [0.05, 0.1) is 20.8 Å². The maximum atomic E-state index is 14.2. The number of carbonyl (C=O) groups excluding carboxylic acids is 1. The van der Waals surface area contributed by atoms with Crippen molar-refractivity contribution in [1.82, 2.24) is 5.32 Å². The van der Waals surface area contributed by atoms with Crippen LogP contribution in [-0.4, -0.2) is 17.8 Å². The second kappa shape index (κ2) is 8.24.